The highest BCUT2D eigenvalue weighted by atomic mass is 16.5. The Morgan fingerprint density at radius 3 is 2.70 bits per heavy atom. The van der Waals surface area contributed by atoms with Crippen molar-refractivity contribution in [1.29, 1.82) is 0 Å². The second-order valence-electron chi connectivity index (χ2n) is 7.45. The van der Waals surface area contributed by atoms with Gasteiger partial charge in [0.05, 0.1) is 41.1 Å². The number of likely N-dealkylation sites (N-methyl/N-ethyl adjacent to an activating group) is 1. The van der Waals surface area contributed by atoms with Crippen molar-refractivity contribution in [2.75, 3.05) is 20.2 Å². The second kappa shape index (κ2) is 9.25. The monoisotopic (exact) mass is 450 g/mol. The summed E-state index contributed by atoms with van der Waals surface area (Å²) in [4.78, 5) is 20.8. The summed E-state index contributed by atoms with van der Waals surface area (Å²) < 4.78 is 10.9. The van der Waals surface area contributed by atoms with Crippen molar-refractivity contribution < 1.29 is 14.6 Å². The Bertz CT molecular complexity index is 1330. The number of aryl methyl sites for hydroxylation is 3. The molecule has 4 heterocycles. The maximum atomic E-state index is 11.7. The lowest BCUT2D eigenvalue weighted by Gasteiger charge is -2.09. The molecule has 0 aliphatic heterocycles. The number of carboxylic acids is 1. The smallest absolute Gasteiger partial charge is 0.354 e. The van der Waals surface area contributed by atoms with Crippen molar-refractivity contribution in [3.05, 3.63) is 47.6 Å². The van der Waals surface area contributed by atoms with Crippen LogP contribution in [-0.4, -0.2) is 65.2 Å². The van der Waals surface area contributed by atoms with Crippen LogP contribution in [0.2, 0.25) is 0 Å². The molecule has 4 aromatic rings. The van der Waals surface area contributed by atoms with E-state index in [9.17, 15) is 9.90 Å². The van der Waals surface area contributed by atoms with Gasteiger partial charge < -0.3 is 15.2 Å². The predicted octanol–water partition coefficient (Wildman–Crippen LogP) is 1.89. The summed E-state index contributed by atoms with van der Waals surface area (Å²) in [6, 6.07) is 0. The minimum atomic E-state index is -1.02. The molecule has 0 saturated heterocycles. The molecule has 0 spiro atoms. The Morgan fingerprint density at radius 2 is 1.97 bits per heavy atom. The number of ether oxygens (including phenoxy) is 1. The molecule has 0 fully saturated rings. The fourth-order valence-electron chi connectivity index (χ4n) is 3.65. The molecule has 0 aromatic carbocycles. The number of fused-ring (bicyclic) bond motifs is 1. The number of carbonyl (C=O) groups is 1. The summed E-state index contributed by atoms with van der Waals surface area (Å²) in [6.07, 6.45) is 11.2. The molecule has 4 rings (SSSR count). The minimum Gasteiger partial charge on any atom is -0.477 e. The van der Waals surface area contributed by atoms with Crippen LogP contribution < -0.4 is 10.1 Å². The highest BCUT2D eigenvalue weighted by Crippen LogP contribution is 2.28. The zero-order chi connectivity index (χ0) is 23.5. The highest BCUT2D eigenvalue weighted by molar-refractivity contribution is 5.92. The van der Waals surface area contributed by atoms with E-state index in [4.69, 9.17) is 4.74 Å². The van der Waals surface area contributed by atoms with E-state index in [0.717, 1.165) is 11.1 Å². The average molecular weight is 451 g/mol. The van der Waals surface area contributed by atoms with E-state index in [0.29, 0.717) is 48.2 Å². The van der Waals surface area contributed by atoms with Crippen LogP contribution in [0.25, 0.3) is 28.9 Å². The van der Waals surface area contributed by atoms with Gasteiger partial charge in [-0.2, -0.15) is 10.2 Å². The largest absolute Gasteiger partial charge is 0.477 e. The maximum absolute atomic E-state index is 11.7. The van der Waals surface area contributed by atoms with Crippen molar-refractivity contribution in [2.45, 2.75) is 13.3 Å². The summed E-state index contributed by atoms with van der Waals surface area (Å²) in [5.74, 6) is 0.243. The van der Waals surface area contributed by atoms with E-state index in [2.05, 4.69) is 25.5 Å². The van der Waals surface area contributed by atoms with Gasteiger partial charge in [-0.25, -0.2) is 14.5 Å². The molecule has 172 valence electrons. The summed E-state index contributed by atoms with van der Waals surface area (Å²) in [5, 5.41) is 21.3. The van der Waals surface area contributed by atoms with Crippen LogP contribution >= 0.6 is 0 Å². The van der Waals surface area contributed by atoms with Crippen molar-refractivity contribution in [3.63, 3.8) is 0 Å². The molecule has 11 nitrogen and oxygen atoms in total. The molecule has 0 atom stereocenters. The third-order valence-electron chi connectivity index (χ3n) is 5.29. The van der Waals surface area contributed by atoms with E-state index in [-0.39, 0.29) is 5.69 Å². The van der Waals surface area contributed by atoms with Crippen LogP contribution in [0.4, 0.5) is 0 Å². The van der Waals surface area contributed by atoms with Crippen molar-refractivity contribution >= 4 is 23.6 Å². The third kappa shape index (κ3) is 4.22. The first-order valence-corrected chi connectivity index (χ1v) is 10.5. The number of aromatic nitrogens is 7. The zero-order valence-corrected chi connectivity index (χ0v) is 19.0. The van der Waals surface area contributed by atoms with Gasteiger partial charge in [0.15, 0.2) is 5.69 Å². The molecule has 0 radical (unpaired) electrons. The molecule has 0 saturated carbocycles. The van der Waals surface area contributed by atoms with Gasteiger partial charge in [0, 0.05) is 32.4 Å². The Balaban J connectivity index is 1.72. The molecule has 0 bridgehead atoms. The Kier molecular flexibility index (Phi) is 6.22. The number of aromatic carboxylic acids is 1. The summed E-state index contributed by atoms with van der Waals surface area (Å²) >= 11 is 0. The first kappa shape index (κ1) is 22.2. The molecule has 0 aliphatic carbocycles. The first-order chi connectivity index (χ1) is 15.9. The fraction of sp³-hybridized carbons (Fsp3) is 0.318. The lowest BCUT2D eigenvalue weighted by atomic mass is 10.1. The standard InChI is InChI=1S/C22H26N8O3/c1-5-17-15(20(22(31)32)28(3)27-17)6-7-19-25-11-14-10-24-18(13-30(14)19)16-12-26-29(4)21(16)33-9-8-23-2/h6-7,10-13,23H,5,8-9H2,1-4H3,(H,31,32)/b7-6+. The van der Waals surface area contributed by atoms with Crippen molar-refractivity contribution in [2.24, 2.45) is 14.1 Å². The third-order valence-corrected chi connectivity index (χ3v) is 5.29. The van der Waals surface area contributed by atoms with Gasteiger partial charge in [-0.1, -0.05) is 6.92 Å². The van der Waals surface area contributed by atoms with E-state index in [1.165, 1.54) is 4.68 Å². The molecule has 0 unspecified atom stereocenters. The summed E-state index contributed by atoms with van der Waals surface area (Å²) in [5.41, 5.74) is 3.70. The first-order valence-electron chi connectivity index (χ1n) is 10.5. The van der Waals surface area contributed by atoms with Gasteiger partial charge >= 0.3 is 5.97 Å². The van der Waals surface area contributed by atoms with Crippen molar-refractivity contribution in [1.82, 2.24) is 39.2 Å². The van der Waals surface area contributed by atoms with Crippen LogP contribution in [0.5, 0.6) is 5.88 Å². The van der Waals surface area contributed by atoms with Gasteiger partial charge in [-0.15, -0.1) is 0 Å². The van der Waals surface area contributed by atoms with Crippen LogP contribution in [0.1, 0.15) is 34.5 Å². The number of nitrogens with zero attached hydrogens (tertiary/aromatic N) is 7. The van der Waals surface area contributed by atoms with E-state index in [1.807, 2.05) is 31.6 Å². The predicted molar refractivity (Wildman–Crippen MR) is 123 cm³/mol. The number of carboxylic acid groups (broad SMARTS) is 1. The fourth-order valence-corrected chi connectivity index (χ4v) is 3.65. The Hall–Kier alpha value is -3.99. The minimum absolute atomic E-state index is 0.144. The van der Waals surface area contributed by atoms with Gasteiger partial charge in [0.2, 0.25) is 5.88 Å². The van der Waals surface area contributed by atoms with Crippen LogP contribution in [0.15, 0.2) is 24.8 Å². The topological polar surface area (TPSA) is 124 Å². The van der Waals surface area contributed by atoms with E-state index < -0.39 is 5.97 Å². The van der Waals surface area contributed by atoms with Crippen LogP contribution in [-0.2, 0) is 20.5 Å². The maximum Gasteiger partial charge on any atom is 0.354 e. The zero-order valence-electron chi connectivity index (χ0n) is 19.0. The molecular formula is C22H26N8O3. The van der Waals surface area contributed by atoms with Gasteiger partial charge in [0.25, 0.3) is 0 Å². The lowest BCUT2D eigenvalue weighted by molar-refractivity contribution is 0.0684. The SMILES string of the molecule is CCc1nn(C)c(C(=O)O)c1/C=C/c1ncc2cnc(-c3cnn(C)c3OCCNC)cn12. The average Bonchev–Trinajstić information content (AvgIpc) is 3.47. The molecule has 2 N–H and O–H groups in total. The normalized spacial score (nSPS) is 11.6. The van der Waals surface area contributed by atoms with Gasteiger partial charge in [-0.05, 0) is 25.6 Å². The van der Waals surface area contributed by atoms with E-state index in [1.54, 1.807) is 42.5 Å². The number of imidazole rings is 1. The molecular weight excluding hydrogens is 424 g/mol. The molecule has 11 heteroatoms. The summed E-state index contributed by atoms with van der Waals surface area (Å²) in [7, 11) is 5.32. The highest BCUT2D eigenvalue weighted by Gasteiger charge is 2.19. The Morgan fingerprint density at radius 1 is 1.18 bits per heavy atom. The quantitative estimate of drug-likeness (QED) is 0.371. The van der Waals surface area contributed by atoms with E-state index >= 15 is 0 Å². The number of nitrogens with one attached hydrogen (secondary N) is 1. The number of hydrogen-bond donors (Lipinski definition) is 2. The summed E-state index contributed by atoms with van der Waals surface area (Å²) in [6.45, 7) is 3.15. The van der Waals surface area contributed by atoms with Crippen molar-refractivity contribution in [3.8, 4) is 17.1 Å². The molecule has 0 amide bonds. The van der Waals surface area contributed by atoms with Gasteiger partial charge in [0.1, 0.15) is 12.4 Å². The molecule has 4 aromatic heterocycles. The van der Waals surface area contributed by atoms with Gasteiger partial charge in [-0.3, -0.25) is 14.1 Å². The van der Waals surface area contributed by atoms with Crippen LogP contribution in [0.3, 0.4) is 0 Å². The Labute approximate surface area is 190 Å². The van der Waals surface area contributed by atoms with Crippen LogP contribution in [0, 0.1) is 0 Å². The second-order valence-corrected chi connectivity index (χ2v) is 7.45. The molecule has 33 heavy (non-hydrogen) atoms. The number of hydrogen-bond acceptors (Lipinski definition) is 7. The lowest BCUT2D eigenvalue weighted by Crippen LogP contribution is -2.17. The molecule has 0 aliphatic rings. The number of rotatable bonds is 9.